The number of rotatable bonds is 3. The molecule has 0 amide bonds. The summed E-state index contributed by atoms with van der Waals surface area (Å²) < 4.78 is 6.80. The minimum absolute atomic E-state index is 0.0872. The van der Waals surface area contributed by atoms with Gasteiger partial charge in [-0.05, 0) is 12.5 Å². The number of aromatic nitrogens is 2. The van der Waals surface area contributed by atoms with Gasteiger partial charge in [0.15, 0.2) is 5.78 Å². The van der Waals surface area contributed by atoms with Crippen LogP contribution in [0.25, 0.3) is 0 Å². The highest BCUT2D eigenvalue weighted by Gasteiger charge is 2.23. The standard InChI is InChI=1S/C9H12N2O2/c12-9(8-2-5-13-7-8)6-11-4-1-3-10-11/h1,3-4,8H,2,5-7H2. The van der Waals surface area contributed by atoms with Crippen LogP contribution in [-0.2, 0) is 16.1 Å². The van der Waals surface area contributed by atoms with Gasteiger partial charge in [-0.3, -0.25) is 9.48 Å². The van der Waals surface area contributed by atoms with E-state index in [1.807, 2.05) is 6.07 Å². The van der Waals surface area contributed by atoms with Crippen LogP contribution in [-0.4, -0.2) is 28.8 Å². The second-order valence-corrected chi connectivity index (χ2v) is 3.23. The zero-order valence-electron chi connectivity index (χ0n) is 7.35. The third-order valence-electron chi connectivity index (χ3n) is 2.26. The number of carbonyl (C=O) groups is 1. The summed E-state index contributed by atoms with van der Waals surface area (Å²) >= 11 is 0. The molecule has 2 heterocycles. The quantitative estimate of drug-likeness (QED) is 0.680. The summed E-state index contributed by atoms with van der Waals surface area (Å²) in [5, 5.41) is 3.98. The molecule has 1 aliphatic heterocycles. The van der Waals surface area contributed by atoms with E-state index in [0.29, 0.717) is 13.2 Å². The molecule has 0 aliphatic carbocycles. The molecule has 4 nitrogen and oxygen atoms in total. The maximum absolute atomic E-state index is 11.6. The fraction of sp³-hybridized carbons (Fsp3) is 0.556. The lowest BCUT2D eigenvalue weighted by Gasteiger charge is -2.05. The molecule has 70 valence electrons. The second-order valence-electron chi connectivity index (χ2n) is 3.23. The van der Waals surface area contributed by atoms with E-state index in [0.717, 1.165) is 13.0 Å². The normalized spacial score (nSPS) is 22.0. The van der Waals surface area contributed by atoms with E-state index in [1.165, 1.54) is 0 Å². The monoisotopic (exact) mass is 180 g/mol. The molecule has 1 aliphatic rings. The van der Waals surface area contributed by atoms with Crippen molar-refractivity contribution < 1.29 is 9.53 Å². The summed E-state index contributed by atoms with van der Waals surface area (Å²) in [4.78, 5) is 11.6. The largest absolute Gasteiger partial charge is 0.381 e. The molecular formula is C9H12N2O2. The van der Waals surface area contributed by atoms with E-state index in [4.69, 9.17) is 4.74 Å². The molecule has 0 bridgehead atoms. The average Bonchev–Trinajstić information content (AvgIpc) is 2.74. The summed E-state index contributed by atoms with van der Waals surface area (Å²) in [6, 6.07) is 1.82. The van der Waals surface area contributed by atoms with Gasteiger partial charge in [-0.2, -0.15) is 5.10 Å². The fourth-order valence-electron chi connectivity index (χ4n) is 1.47. The van der Waals surface area contributed by atoms with E-state index < -0.39 is 0 Å². The van der Waals surface area contributed by atoms with Crippen LogP contribution in [0.1, 0.15) is 6.42 Å². The van der Waals surface area contributed by atoms with Crippen LogP contribution in [0.4, 0.5) is 0 Å². The Kier molecular flexibility index (Phi) is 2.40. The van der Waals surface area contributed by atoms with Gasteiger partial charge in [0.05, 0.1) is 13.2 Å². The van der Waals surface area contributed by atoms with E-state index in [1.54, 1.807) is 17.1 Å². The molecule has 1 saturated heterocycles. The molecule has 1 atom stereocenters. The van der Waals surface area contributed by atoms with E-state index in [2.05, 4.69) is 5.10 Å². The minimum atomic E-state index is 0.0872. The predicted molar refractivity (Wildman–Crippen MR) is 46.2 cm³/mol. The molecular weight excluding hydrogens is 168 g/mol. The lowest BCUT2D eigenvalue weighted by atomic mass is 10.0. The van der Waals surface area contributed by atoms with Gasteiger partial charge in [-0.25, -0.2) is 0 Å². The number of hydrogen-bond donors (Lipinski definition) is 0. The van der Waals surface area contributed by atoms with Crippen molar-refractivity contribution in [1.82, 2.24) is 9.78 Å². The van der Waals surface area contributed by atoms with E-state index in [9.17, 15) is 4.79 Å². The van der Waals surface area contributed by atoms with Gasteiger partial charge in [0.25, 0.3) is 0 Å². The summed E-state index contributed by atoms with van der Waals surface area (Å²) in [7, 11) is 0. The fourth-order valence-corrected chi connectivity index (χ4v) is 1.47. The minimum Gasteiger partial charge on any atom is -0.381 e. The number of hydrogen-bond acceptors (Lipinski definition) is 3. The van der Waals surface area contributed by atoms with Crippen LogP contribution in [0.2, 0.25) is 0 Å². The molecule has 1 fully saturated rings. The molecule has 1 unspecified atom stereocenters. The van der Waals surface area contributed by atoms with Crippen molar-refractivity contribution in [2.24, 2.45) is 5.92 Å². The third kappa shape index (κ3) is 1.95. The van der Waals surface area contributed by atoms with Crippen molar-refractivity contribution >= 4 is 5.78 Å². The summed E-state index contributed by atoms with van der Waals surface area (Å²) in [5.74, 6) is 0.311. The molecule has 4 heteroatoms. The Bertz CT molecular complexity index is 276. The van der Waals surface area contributed by atoms with Gasteiger partial charge < -0.3 is 4.74 Å². The SMILES string of the molecule is O=C(Cn1cccn1)C1CCOC1. The summed E-state index contributed by atoms with van der Waals surface area (Å²) in [5.41, 5.74) is 0. The molecule has 1 aromatic heterocycles. The first-order valence-corrected chi connectivity index (χ1v) is 4.44. The van der Waals surface area contributed by atoms with Gasteiger partial charge in [0, 0.05) is 24.9 Å². The molecule has 0 N–H and O–H groups in total. The van der Waals surface area contributed by atoms with Crippen LogP contribution in [0.3, 0.4) is 0 Å². The first-order chi connectivity index (χ1) is 6.36. The number of carbonyl (C=O) groups excluding carboxylic acids is 1. The third-order valence-corrected chi connectivity index (χ3v) is 2.26. The first kappa shape index (κ1) is 8.44. The first-order valence-electron chi connectivity index (χ1n) is 4.44. The van der Waals surface area contributed by atoms with Crippen molar-refractivity contribution in [3.63, 3.8) is 0 Å². The van der Waals surface area contributed by atoms with E-state index in [-0.39, 0.29) is 11.7 Å². The van der Waals surface area contributed by atoms with Crippen molar-refractivity contribution in [2.75, 3.05) is 13.2 Å². The Morgan fingerprint density at radius 3 is 3.23 bits per heavy atom. The highest BCUT2D eigenvalue weighted by Crippen LogP contribution is 2.13. The van der Waals surface area contributed by atoms with Crippen LogP contribution in [0.5, 0.6) is 0 Å². The Hall–Kier alpha value is -1.16. The maximum Gasteiger partial charge on any atom is 0.159 e. The molecule has 0 saturated carbocycles. The molecule has 13 heavy (non-hydrogen) atoms. The molecule has 0 radical (unpaired) electrons. The Morgan fingerprint density at radius 2 is 2.62 bits per heavy atom. The van der Waals surface area contributed by atoms with Crippen molar-refractivity contribution in [3.8, 4) is 0 Å². The Balaban J connectivity index is 1.91. The van der Waals surface area contributed by atoms with Gasteiger partial charge in [0.2, 0.25) is 0 Å². The molecule has 0 aromatic carbocycles. The van der Waals surface area contributed by atoms with Gasteiger partial charge >= 0.3 is 0 Å². The number of ether oxygens (including phenoxy) is 1. The van der Waals surface area contributed by atoms with Crippen molar-refractivity contribution in [1.29, 1.82) is 0 Å². The highest BCUT2D eigenvalue weighted by molar-refractivity contribution is 5.81. The van der Waals surface area contributed by atoms with Crippen LogP contribution < -0.4 is 0 Å². The predicted octanol–water partition coefficient (Wildman–Crippen LogP) is 0.489. The van der Waals surface area contributed by atoms with Gasteiger partial charge in [-0.15, -0.1) is 0 Å². The molecule has 1 aromatic rings. The second kappa shape index (κ2) is 3.70. The van der Waals surface area contributed by atoms with E-state index >= 15 is 0 Å². The summed E-state index contributed by atoms with van der Waals surface area (Å²) in [6.45, 7) is 1.68. The average molecular weight is 180 g/mol. The zero-order chi connectivity index (χ0) is 9.10. The van der Waals surface area contributed by atoms with Gasteiger partial charge in [0.1, 0.15) is 0 Å². The lowest BCUT2D eigenvalue weighted by molar-refractivity contribution is -0.123. The van der Waals surface area contributed by atoms with Crippen molar-refractivity contribution in [2.45, 2.75) is 13.0 Å². The zero-order valence-corrected chi connectivity index (χ0v) is 7.35. The van der Waals surface area contributed by atoms with Crippen LogP contribution >= 0.6 is 0 Å². The topological polar surface area (TPSA) is 44.1 Å². The number of nitrogens with zero attached hydrogens (tertiary/aromatic N) is 2. The van der Waals surface area contributed by atoms with Crippen molar-refractivity contribution in [3.05, 3.63) is 18.5 Å². The van der Waals surface area contributed by atoms with Gasteiger partial charge in [-0.1, -0.05) is 0 Å². The number of Topliss-reactive ketones (excluding diaryl/α,β-unsaturated/α-hetero) is 1. The Labute approximate surface area is 76.5 Å². The number of ketones is 1. The van der Waals surface area contributed by atoms with Crippen LogP contribution in [0.15, 0.2) is 18.5 Å². The summed E-state index contributed by atoms with van der Waals surface area (Å²) in [6.07, 6.45) is 4.34. The smallest absolute Gasteiger partial charge is 0.159 e. The van der Waals surface area contributed by atoms with Crippen LogP contribution in [0, 0.1) is 5.92 Å². The maximum atomic E-state index is 11.6. The lowest BCUT2D eigenvalue weighted by Crippen LogP contribution is -2.20. The Morgan fingerprint density at radius 1 is 1.69 bits per heavy atom. The molecule has 2 rings (SSSR count). The highest BCUT2D eigenvalue weighted by atomic mass is 16.5. The molecule has 0 spiro atoms.